The van der Waals surface area contributed by atoms with Crippen molar-refractivity contribution in [2.75, 3.05) is 0 Å². The lowest BCUT2D eigenvalue weighted by molar-refractivity contribution is -0.167. The van der Waals surface area contributed by atoms with Gasteiger partial charge in [0.05, 0.1) is 18.4 Å². The van der Waals surface area contributed by atoms with E-state index < -0.39 is 5.72 Å². The average molecular weight is 380 g/mol. The molecule has 2 aromatic rings. The zero-order chi connectivity index (χ0) is 19.4. The van der Waals surface area contributed by atoms with Crippen LogP contribution in [0.25, 0.3) is 0 Å². The van der Waals surface area contributed by atoms with Crippen LogP contribution in [0.1, 0.15) is 48.7 Å². The summed E-state index contributed by atoms with van der Waals surface area (Å²) in [5.74, 6) is 1.38. The highest BCUT2D eigenvalue weighted by Gasteiger charge is 2.61. The molecule has 0 unspecified atom stereocenters. The van der Waals surface area contributed by atoms with Gasteiger partial charge in [-0.1, -0.05) is 19.1 Å². The summed E-state index contributed by atoms with van der Waals surface area (Å²) in [7, 11) is 0. The predicted octanol–water partition coefficient (Wildman–Crippen LogP) is 3.24. The maximum Gasteiger partial charge on any atom is 0.258 e. The maximum absolute atomic E-state index is 12.9. The smallest absolute Gasteiger partial charge is 0.258 e. The van der Waals surface area contributed by atoms with Crippen LogP contribution in [0.2, 0.25) is 0 Å². The second-order valence-electron chi connectivity index (χ2n) is 8.59. The molecule has 2 heterocycles. The van der Waals surface area contributed by atoms with Gasteiger partial charge in [0.2, 0.25) is 5.91 Å². The van der Waals surface area contributed by atoms with E-state index in [-0.39, 0.29) is 29.1 Å². The lowest BCUT2D eigenvalue weighted by Crippen LogP contribution is -2.69. The van der Waals surface area contributed by atoms with E-state index in [1.54, 1.807) is 12.3 Å². The van der Waals surface area contributed by atoms with Crippen LogP contribution in [-0.4, -0.2) is 17.5 Å². The highest BCUT2D eigenvalue weighted by molar-refractivity contribution is 5.98. The second-order valence-corrected chi connectivity index (χ2v) is 8.59. The Morgan fingerprint density at radius 3 is 2.93 bits per heavy atom. The molecule has 6 nitrogen and oxygen atoms in total. The van der Waals surface area contributed by atoms with E-state index in [9.17, 15) is 9.59 Å². The summed E-state index contributed by atoms with van der Waals surface area (Å²) in [6.45, 7) is 2.55. The Kier molecular flexibility index (Phi) is 3.79. The highest BCUT2D eigenvalue weighted by Crippen LogP contribution is 2.58. The van der Waals surface area contributed by atoms with Crippen molar-refractivity contribution in [2.24, 2.45) is 17.3 Å². The van der Waals surface area contributed by atoms with Crippen molar-refractivity contribution in [2.45, 2.75) is 44.9 Å². The molecule has 28 heavy (non-hydrogen) atoms. The largest absolute Gasteiger partial charge is 0.467 e. The molecule has 1 spiro atoms. The van der Waals surface area contributed by atoms with Crippen LogP contribution in [-0.2, 0) is 11.3 Å². The first-order valence-corrected chi connectivity index (χ1v) is 9.90. The summed E-state index contributed by atoms with van der Waals surface area (Å²) >= 11 is 0. The van der Waals surface area contributed by atoms with Crippen molar-refractivity contribution in [1.29, 1.82) is 0 Å². The number of carbonyl (C=O) groups is 2. The van der Waals surface area contributed by atoms with E-state index in [1.165, 1.54) is 0 Å². The molecule has 6 heteroatoms. The molecule has 1 aromatic carbocycles. The number of para-hydroxylation sites is 1. The number of furan rings is 1. The van der Waals surface area contributed by atoms with Crippen molar-refractivity contribution in [1.82, 2.24) is 10.6 Å². The van der Waals surface area contributed by atoms with Crippen LogP contribution in [0.15, 0.2) is 47.1 Å². The third-order valence-corrected chi connectivity index (χ3v) is 6.83. The topological polar surface area (TPSA) is 80.6 Å². The monoisotopic (exact) mass is 380 g/mol. The van der Waals surface area contributed by atoms with E-state index in [0.717, 1.165) is 18.6 Å². The zero-order valence-corrected chi connectivity index (χ0v) is 15.9. The SMILES string of the molecule is C[C@@]12CC[C@@H](C[C@H]1C(=O)NCc1ccco1)[C@@]1(C2)NC(=O)c2ccccc2O1. The highest BCUT2D eigenvalue weighted by atomic mass is 16.5. The third-order valence-electron chi connectivity index (χ3n) is 6.83. The molecule has 4 aliphatic rings. The lowest BCUT2D eigenvalue weighted by Gasteiger charge is -2.59. The summed E-state index contributed by atoms with van der Waals surface area (Å²) in [5.41, 5.74) is -0.356. The molecular weight excluding hydrogens is 356 g/mol. The lowest BCUT2D eigenvalue weighted by atomic mass is 9.52. The molecule has 2 amide bonds. The Balaban J connectivity index is 1.37. The van der Waals surface area contributed by atoms with Crippen molar-refractivity contribution < 1.29 is 18.7 Å². The first-order chi connectivity index (χ1) is 13.5. The second kappa shape index (κ2) is 6.12. The van der Waals surface area contributed by atoms with Crippen molar-refractivity contribution >= 4 is 11.8 Å². The minimum Gasteiger partial charge on any atom is -0.467 e. The van der Waals surface area contributed by atoms with Gasteiger partial charge < -0.3 is 19.8 Å². The van der Waals surface area contributed by atoms with Gasteiger partial charge in [0, 0.05) is 18.3 Å². The molecule has 146 valence electrons. The molecule has 0 radical (unpaired) electrons. The van der Waals surface area contributed by atoms with Gasteiger partial charge in [0.15, 0.2) is 5.72 Å². The molecule has 3 saturated carbocycles. The van der Waals surface area contributed by atoms with Gasteiger partial charge in [-0.25, -0.2) is 0 Å². The average Bonchev–Trinajstić information content (AvgIpc) is 3.19. The summed E-state index contributed by atoms with van der Waals surface area (Å²) in [5, 5.41) is 6.17. The van der Waals surface area contributed by atoms with Crippen LogP contribution in [0.5, 0.6) is 5.75 Å². The quantitative estimate of drug-likeness (QED) is 0.857. The van der Waals surface area contributed by atoms with E-state index in [1.807, 2.05) is 30.3 Å². The number of ether oxygens (including phenoxy) is 1. The normalized spacial score (nSPS) is 33.1. The number of benzene rings is 1. The first kappa shape index (κ1) is 17.3. The molecule has 2 bridgehead atoms. The van der Waals surface area contributed by atoms with Gasteiger partial charge in [-0.15, -0.1) is 0 Å². The van der Waals surface area contributed by atoms with E-state index in [0.29, 0.717) is 30.7 Å². The summed E-state index contributed by atoms with van der Waals surface area (Å²) < 4.78 is 11.7. The zero-order valence-electron chi connectivity index (χ0n) is 15.9. The fraction of sp³-hybridized carbons (Fsp3) is 0.455. The van der Waals surface area contributed by atoms with Crippen LogP contribution in [0.3, 0.4) is 0 Å². The van der Waals surface area contributed by atoms with Crippen molar-refractivity contribution in [3.63, 3.8) is 0 Å². The van der Waals surface area contributed by atoms with E-state index in [4.69, 9.17) is 9.15 Å². The fourth-order valence-corrected chi connectivity index (χ4v) is 5.37. The van der Waals surface area contributed by atoms with Gasteiger partial charge in [-0.3, -0.25) is 9.59 Å². The minimum absolute atomic E-state index is 0.0565. The number of amides is 2. The number of nitrogens with one attached hydrogen (secondary N) is 2. The van der Waals surface area contributed by atoms with Gasteiger partial charge in [-0.05, 0) is 48.9 Å². The Morgan fingerprint density at radius 1 is 1.29 bits per heavy atom. The summed E-state index contributed by atoms with van der Waals surface area (Å²) in [4.78, 5) is 25.6. The number of carbonyl (C=O) groups excluding carboxylic acids is 2. The first-order valence-electron chi connectivity index (χ1n) is 9.90. The summed E-state index contributed by atoms with van der Waals surface area (Å²) in [6, 6.07) is 11.0. The van der Waals surface area contributed by atoms with Crippen LogP contribution in [0.4, 0.5) is 0 Å². The molecule has 3 aliphatic carbocycles. The molecule has 0 saturated heterocycles. The van der Waals surface area contributed by atoms with E-state index in [2.05, 4.69) is 17.6 Å². The van der Waals surface area contributed by atoms with Crippen molar-refractivity contribution in [3.8, 4) is 5.75 Å². The molecule has 2 N–H and O–H groups in total. The Hall–Kier alpha value is -2.76. The summed E-state index contributed by atoms with van der Waals surface area (Å²) in [6.07, 6.45) is 4.86. The molecule has 3 fully saturated rings. The molecule has 1 aliphatic heterocycles. The Bertz CT molecular complexity index is 924. The van der Waals surface area contributed by atoms with Gasteiger partial charge >= 0.3 is 0 Å². The van der Waals surface area contributed by atoms with Crippen molar-refractivity contribution in [3.05, 3.63) is 54.0 Å². The Labute approximate surface area is 163 Å². The molecule has 6 rings (SSSR count). The fourth-order valence-electron chi connectivity index (χ4n) is 5.37. The minimum atomic E-state index is -0.712. The van der Waals surface area contributed by atoms with Gasteiger partial charge in [-0.2, -0.15) is 0 Å². The number of hydrogen-bond acceptors (Lipinski definition) is 4. The van der Waals surface area contributed by atoms with Gasteiger partial charge in [0.25, 0.3) is 5.91 Å². The maximum atomic E-state index is 12.9. The molecule has 4 atom stereocenters. The predicted molar refractivity (Wildman–Crippen MR) is 101 cm³/mol. The van der Waals surface area contributed by atoms with E-state index >= 15 is 0 Å². The molecular formula is C22H24N2O4. The van der Waals surface area contributed by atoms with Crippen LogP contribution < -0.4 is 15.4 Å². The molecule has 1 aromatic heterocycles. The van der Waals surface area contributed by atoms with Gasteiger partial charge in [0.1, 0.15) is 11.5 Å². The number of hydrogen-bond donors (Lipinski definition) is 2. The third kappa shape index (κ3) is 2.62. The Morgan fingerprint density at radius 2 is 2.14 bits per heavy atom. The standard InChI is InChI=1S/C22H24N2O4/c1-21-9-8-14(11-17(21)20(26)23-12-15-5-4-10-27-15)22(13-21)24-19(25)16-6-2-3-7-18(16)28-22/h2-7,10,14,17H,8-9,11-13H2,1H3,(H,23,26)(H,24,25)/t14-,17-,21-,22-/m0/s1. The van der Waals surface area contributed by atoms with Crippen LogP contribution in [0, 0.1) is 17.3 Å². The van der Waals surface area contributed by atoms with Crippen LogP contribution >= 0.6 is 0 Å². The number of rotatable bonds is 3. The number of fused-ring (bicyclic) bond motifs is 3.